The van der Waals surface area contributed by atoms with Gasteiger partial charge < -0.3 is 5.73 Å². The smallest absolute Gasteiger partial charge is 0.261 e. The van der Waals surface area contributed by atoms with Crippen LogP contribution in [0.5, 0.6) is 0 Å². The second-order valence-corrected chi connectivity index (χ2v) is 4.60. The molecule has 4 nitrogen and oxygen atoms in total. The molecule has 0 radical (unpaired) electrons. The summed E-state index contributed by atoms with van der Waals surface area (Å²) < 4.78 is 13.4. The Morgan fingerprint density at radius 3 is 2.15 bits per heavy atom. The first-order valence-electron chi connectivity index (χ1n) is 6.07. The zero-order chi connectivity index (χ0) is 14.3. The number of rotatable bonds is 2. The SMILES string of the molecule is Nc1ccc(CN2C(=O)c3ccccc3C2=O)cc1F. The van der Waals surface area contributed by atoms with Gasteiger partial charge in [0.2, 0.25) is 0 Å². The third kappa shape index (κ3) is 1.84. The quantitative estimate of drug-likeness (QED) is 0.672. The molecule has 2 amide bonds. The van der Waals surface area contributed by atoms with E-state index >= 15 is 0 Å². The van der Waals surface area contributed by atoms with Crippen LogP contribution in [0, 0.1) is 5.82 Å². The number of nitrogen functional groups attached to an aromatic ring is 1. The predicted molar refractivity (Wildman–Crippen MR) is 71.5 cm³/mol. The van der Waals surface area contributed by atoms with Crippen LogP contribution in [0.1, 0.15) is 26.3 Å². The van der Waals surface area contributed by atoms with Gasteiger partial charge in [-0.05, 0) is 29.8 Å². The largest absolute Gasteiger partial charge is 0.396 e. The summed E-state index contributed by atoms with van der Waals surface area (Å²) in [6.45, 7) is 0.0313. The Morgan fingerprint density at radius 2 is 1.60 bits per heavy atom. The fourth-order valence-corrected chi connectivity index (χ4v) is 2.23. The number of benzene rings is 2. The van der Waals surface area contributed by atoms with Crippen LogP contribution in [-0.2, 0) is 6.54 Å². The molecule has 0 saturated carbocycles. The molecule has 2 N–H and O–H groups in total. The van der Waals surface area contributed by atoms with Gasteiger partial charge in [-0.25, -0.2) is 4.39 Å². The standard InChI is InChI=1S/C15H11FN2O2/c16-12-7-9(5-6-13(12)17)8-18-14(19)10-3-1-2-4-11(10)15(18)20/h1-7H,8,17H2. The molecule has 2 aromatic rings. The molecule has 20 heavy (non-hydrogen) atoms. The van der Waals surface area contributed by atoms with E-state index < -0.39 is 5.82 Å². The summed E-state index contributed by atoms with van der Waals surface area (Å²) in [6.07, 6.45) is 0. The summed E-state index contributed by atoms with van der Waals surface area (Å²) in [5.74, 6) is -1.27. The number of carbonyl (C=O) groups excluding carboxylic acids is 2. The monoisotopic (exact) mass is 270 g/mol. The van der Waals surface area contributed by atoms with Crippen molar-refractivity contribution >= 4 is 17.5 Å². The summed E-state index contributed by atoms with van der Waals surface area (Å²) in [5.41, 5.74) is 6.72. The normalized spacial score (nSPS) is 13.8. The van der Waals surface area contributed by atoms with E-state index in [9.17, 15) is 14.0 Å². The van der Waals surface area contributed by atoms with Gasteiger partial charge in [0.25, 0.3) is 11.8 Å². The molecule has 3 rings (SSSR count). The number of nitrogens with two attached hydrogens (primary N) is 1. The molecule has 5 heteroatoms. The van der Waals surface area contributed by atoms with Crippen molar-refractivity contribution in [2.45, 2.75) is 6.54 Å². The van der Waals surface area contributed by atoms with Crippen LogP contribution >= 0.6 is 0 Å². The molecule has 0 spiro atoms. The molecule has 0 unspecified atom stereocenters. The van der Waals surface area contributed by atoms with Gasteiger partial charge in [0, 0.05) is 0 Å². The fourth-order valence-electron chi connectivity index (χ4n) is 2.23. The Kier molecular flexibility index (Phi) is 2.75. The van der Waals surface area contributed by atoms with Crippen LogP contribution < -0.4 is 5.73 Å². The number of amides is 2. The highest BCUT2D eigenvalue weighted by Crippen LogP contribution is 2.24. The Balaban J connectivity index is 1.91. The molecule has 1 aliphatic rings. The highest BCUT2D eigenvalue weighted by Gasteiger charge is 2.34. The van der Waals surface area contributed by atoms with E-state index in [0.29, 0.717) is 16.7 Å². The lowest BCUT2D eigenvalue weighted by atomic mass is 10.1. The van der Waals surface area contributed by atoms with Crippen LogP contribution in [0.3, 0.4) is 0 Å². The average molecular weight is 270 g/mol. The Labute approximate surface area is 114 Å². The van der Waals surface area contributed by atoms with Gasteiger partial charge in [-0.15, -0.1) is 0 Å². The molecule has 2 aromatic carbocycles. The van der Waals surface area contributed by atoms with E-state index in [1.807, 2.05) is 0 Å². The van der Waals surface area contributed by atoms with Gasteiger partial charge in [-0.2, -0.15) is 0 Å². The number of fused-ring (bicyclic) bond motifs is 1. The van der Waals surface area contributed by atoms with Crippen molar-refractivity contribution in [3.63, 3.8) is 0 Å². The highest BCUT2D eigenvalue weighted by atomic mass is 19.1. The lowest BCUT2D eigenvalue weighted by Crippen LogP contribution is -2.29. The van der Waals surface area contributed by atoms with Crippen LogP contribution in [0.25, 0.3) is 0 Å². The van der Waals surface area contributed by atoms with Gasteiger partial charge in [0.15, 0.2) is 0 Å². The van der Waals surface area contributed by atoms with E-state index in [2.05, 4.69) is 0 Å². The zero-order valence-electron chi connectivity index (χ0n) is 10.5. The number of hydrogen-bond donors (Lipinski definition) is 1. The van der Waals surface area contributed by atoms with Crippen molar-refractivity contribution in [2.24, 2.45) is 0 Å². The van der Waals surface area contributed by atoms with Crippen molar-refractivity contribution in [1.82, 2.24) is 4.90 Å². The molecule has 0 aromatic heterocycles. The van der Waals surface area contributed by atoms with E-state index in [0.717, 1.165) is 4.90 Å². The Hall–Kier alpha value is -2.69. The third-order valence-corrected chi connectivity index (χ3v) is 3.28. The minimum atomic E-state index is -0.556. The first-order valence-corrected chi connectivity index (χ1v) is 6.07. The molecule has 100 valence electrons. The summed E-state index contributed by atoms with van der Waals surface area (Å²) in [5, 5.41) is 0. The number of hydrogen-bond acceptors (Lipinski definition) is 3. The zero-order valence-corrected chi connectivity index (χ0v) is 10.5. The van der Waals surface area contributed by atoms with Crippen molar-refractivity contribution in [2.75, 3.05) is 5.73 Å². The van der Waals surface area contributed by atoms with Crippen LogP contribution in [0.4, 0.5) is 10.1 Å². The lowest BCUT2D eigenvalue weighted by Gasteiger charge is -2.14. The van der Waals surface area contributed by atoms with Crippen molar-refractivity contribution in [3.05, 3.63) is 65.0 Å². The lowest BCUT2D eigenvalue weighted by molar-refractivity contribution is 0.0642. The molecule has 0 bridgehead atoms. The number of halogens is 1. The van der Waals surface area contributed by atoms with Crippen LogP contribution in [-0.4, -0.2) is 16.7 Å². The van der Waals surface area contributed by atoms with E-state index in [1.54, 1.807) is 30.3 Å². The maximum absolute atomic E-state index is 13.4. The van der Waals surface area contributed by atoms with Gasteiger partial charge in [0.1, 0.15) is 5.82 Å². The van der Waals surface area contributed by atoms with Gasteiger partial charge in [-0.3, -0.25) is 14.5 Å². The average Bonchev–Trinajstić information content (AvgIpc) is 2.69. The molecule has 1 aliphatic heterocycles. The van der Waals surface area contributed by atoms with E-state index in [1.165, 1.54) is 12.1 Å². The molecular formula is C15H11FN2O2. The summed E-state index contributed by atoms with van der Waals surface area (Å²) in [6, 6.07) is 10.9. The number of imide groups is 1. The highest BCUT2D eigenvalue weighted by molar-refractivity contribution is 6.21. The maximum Gasteiger partial charge on any atom is 0.261 e. The van der Waals surface area contributed by atoms with E-state index in [-0.39, 0.29) is 24.0 Å². The second-order valence-electron chi connectivity index (χ2n) is 4.60. The topological polar surface area (TPSA) is 63.4 Å². The van der Waals surface area contributed by atoms with Gasteiger partial charge in [-0.1, -0.05) is 18.2 Å². The molecule has 0 atom stereocenters. The number of anilines is 1. The minimum absolute atomic E-state index is 0.0313. The molecular weight excluding hydrogens is 259 g/mol. The number of carbonyl (C=O) groups is 2. The number of nitrogens with zero attached hydrogens (tertiary/aromatic N) is 1. The van der Waals surface area contributed by atoms with Crippen LogP contribution in [0.15, 0.2) is 42.5 Å². The van der Waals surface area contributed by atoms with Crippen molar-refractivity contribution in [1.29, 1.82) is 0 Å². The van der Waals surface area contributed by atoms with Crippen molar-refractivity contribution in [3.8, 4) is 0 Å². The van der Waals surface area contributed by atoms with Gasteiger partial charge in [0.05, 0.1) is 23.4 Å². The Bertz CT molecular complexity index is 693. The van der Waals surface area contributed by atoms with Gasteiger partial charge >= 0.3 is 0 Å². The molecule has 0 fully saturated rings. The fraction of sp³-hybridized carbons (Fsp3) is 0.0667. The first kappa shape index (κ1) is 12.3. The first-order chi connectivity index (χ1) is 9.58. The summed E-state index contributed by atoms with van der Waals surface area (Å²) in [7, 11) is 0. The molecule has 1 heterocycles. The third-order valence-electron chi connectivity index (χ3n) is 3.28. The Morgan fingerprint density at radius 1 is 1.00 bits per heavy atom. The van der Waals surface area contributed by atoms with Crippen molar-refractivity contribution < 1.29 is 14.0 Å². The molecule has 0 aliphatic carbocycles. The second kappa shape index (κ2) is 4.45. The predicted octanol–water partition coefficient (Wildman–Crippen LogP) is 2.20. The summed E-state index contributed by atoms with van der Waals surface area (Å²) in [4.78, 5) is 25.4. The van der Waals surface area contributed by atoms with E-state index in [4.69, 9.17) is 5.73 Å². The minimum Gasteiger partial charge on any atom is -0.396 e. The van der Waals surface area contributed by atoms with Crippen LogP contribution in [0.2, 0.25) is 0 Å². The maximum atomic E-state index is 13.4. The molecule has 0 saturated heterocycles. The summed E-state index contributed by atoms with van der Waals surface area (Å²) >= 11 is 0.